The van der Waals surface area contributed by atoms with Crippen LogP contribution < -0.4 is 0 Å². The van der Waals surface area contributed by atoms with E-state index in [1.807, 2.05) is 6.92 Å². The van der Waals surface area contributed by atoms with E-state index in [-0.39, 0.29) is 35.7 Å². The molecule has 1 heterocycles. The number of esters is 2. The van der Waals surface area contributed by atoms with Crippen molar-refractivity contribution < 1.29 is 24.2 Å². The number of ether oxygens (including phenoxy) is 2. The van der Waals surface area contributed by atoms with E-state index >= 15 is 0 Å². The van der Waals surface area contributed by atoms with E-state index < -0.39 is 6.10 Å². The fourth-order valence-electron chi connectivity index (χ4n) is 5.36. The molecule has 1 saturated heterocycles. The maximum absolute atomic E-state index is 12.5. The van der Waals surface area contributed by atoms with Crippen LogP contribution >= 0.6 is 0 Å². The summed E-state index contributed by atoms with van der Waals surface area (Å²) < 4.78 is 11.1. The predicted octanol–water partition coefficient (Wildman–Crippen LogP) is 6.18. The van der Waals surface area contributed by atoms with Gasteiger partial charge in [0.2, 0.25) is 0 Å². The molecule has 0 unspecified atom stereocenters. The van der Waals surface area contributed by atoms with E-state index in [9.17, 15) is 14.7 Å². The Kier molecular flexibility index (Phi) is 14.3. The van der Waals surface area contributed by atoms with Gasteiger partial charge in [0.15, 0.2) is 0 Å². The van der Waals surface area contributed by atoms with Crippen LogP contribution in [0.5, 0.6) is 0 Å². The zero-order chi connectivity index (χ0) is 25.6. The molecular weight excluding hydrogens is 430 g/mol. The molecule has 0 aliphatic carbocycles. The maximum Gasteiger partial charge on any atom is 0.306 e. The van der Waals surface area contributed by atoms with Gasteiger partial charge in [-0.05, 0) is 40.5 Å². The van der Waals surface area contributed by atoms with E-state index in [0.717, 1.165) is 32.1 Å². The summed E-state index contributed by atoms with van der Waals surface area (Å²) in [6.45, 7) is 13.1. The number of aliphatic hydroxyl groups is 1. The van der Waals surface area contributed by atoms with Crippen molar-refractivity contribution in [2.45, 2.75) is 155 Å². The molecule has 0 aromatic heterocycles. The lowest BCUT2D eigenvalue weighted by Crippen LogP contribution is -2.64. The van der Waals surface area contributed by atoms with Crippen molar-refractivity contribution in [3.63, 3.8) is 0 Å². The smallest absolute Gasteiger partial charge is 0.306 e. The lowest BCUT2D eigenvalue weighted by atomic mass is 9.78. The molecule has 6 nitrogen and oxygen atoms in total. The summed E-state index contributed by atoms with van der Waals surface area (Å²) in [5.41, 5.74) is -0.502. The molecule has 1 aliphatic heterocycles. The summed E-state index contributed by atoms with van der Waals surface area (Å²) in [6.07, 6.45) is 13.3. The van der Waals surface area contributed by atoms with E-state index in [4.69, 9.17) is 9.47 Å². The molecule has 1 fully saturated rings. The highest BCUT2D eigenvalue weighted by Crippen LogP contribution is 2.39. The number of aliphatic hydroxyl groups excluding tert-OH is 1. The fraction of sp³-hybridized carbons (Fsp3) is 0.929. The first-order valence-electron chi connectivity index (χ1n) is 13.8. The van der Waals surface area contributed by atoms with Crippen molar-refractivity contribution in [2.75, 3.05) is 13.2 Å². The Balaban J connectivity index is 2.40. The van der Waals surface area contributed by atoms with Crippen LogP contribution in [0.3, 0.4) is 0 Å². The number of β-amino-alcohol motifs (C(OH)–C–C–N with tert-alkyl or cyclic N) is 1. The predicted molar refractivity (Wildman–Crippen MR) is 138 cm³/mol. The van der Waals surface area contributed by atoms with Gasteiger partial charge in [0.1, 0.15) is 18.8 Å². The van der Waals surface area contributed by atoms with Crippen LogP contribution in [0.15, 0.2) is 0 Å². The molecule has 34 heavy (non-hydrogen) atoms. The Labute approximate surface area is 209 Å². The zero-order valence-corrected chi connectivity index (χ0v) is 23.0. The lowest BCUT2D eigenvalue weighted by molar-refractivity contribution is -0.163. The molecule has 0 radical (unpaired) electrons. The number of hydrogen-bond acceptors (Lipinski definition) is 6. The normalized spacial score (nSPS) is 19.0. The third kappa shape index (κ3) is 12.0. The van der Waals surface area contributed by atoms with Gasteiger partial charge in [0.25, 0.3) is 0 Å². The summed E-state index contributed by atoms with van der Waals surface area (Å²) in [7, 11) is 0. The molecule has 1 N–H and O–H groups in total. The molecule has 0 aromatic rings. The van der Waals surface area contributed by atoms with Crippen LogP contribution in [0.4, 0.5) is 0 Å². The minimum absolute atomic E-state index is 0.0125. The van der Waals surface area contributed by atoms with Crippen LogP contribution in [-0.2, 0) is 19.1 Å². The van der Waals surface area contributed by atoms with Gasteiger partial charge in [-0.25, -0.2) is 0 Å². The summed E-state index contributed by atoms with van der Waals surface area (Å²) in [4.78, 5) is 26.4. The quantitative estimate of drug-likeness (QED) is 0.197. The van der Waals surface area contributed by atoms with Gasteiger partial charge in [-0.2, -0.15) is 0 Å². The van der Waals surface area contributed by atoms with Crippen LogP contribution in [0.1, 0.15) is 131 Å². The van der Waals surface area contributed by atoms with Crippen LogP contribution in [0.25, 0.3) is 0 Å². The minimum atomic E-state index is -0.745. The van der Waals surface area contributed by atoms with Gasteiger partial charge >= 0.3 is 11.9 Å². The molecule has 0 saturated carbocycles. The molecule has 1 rings (SSSR count). The van der Waals surface area contributed by atoms with Gasteiger partial charge in [-0.15, -0.1) is 0 Å². The van der Waals surface area contributed by atoms with Crippen molar-refractivity contribution in [3.8, 4) is 0 Å². The highest BCUT2D eigenvalue weighted by molar-refractivity contribution is 5.69. The second-order valence-corrected chi connectivity index (χ2v) is 11.4. The first-order valence-corrected chi connectivity index (χ1v) is 13.8. The molecular formula is C28H53NO5. The molecule has 1 atom stereocenters. The van der Waals surface area contributed by atoms with Crippen LogP contribution in [0.2, 0.25) is 0 Å². The second kappa shape index (κ2) is 15.8. The Morgan fingerprint density at radius 2 is 1.35 bits per heavy atom. The van der Waals surface area contributed by atoms with Crippen molar-refractivity contribution in [1.82, 2.24) is 4.90 Å². The molecule has 0 amide bonds. The van der Waals surface area contributed by atoms with Crippen molar-refractivity contribution in [2.24, 2.45) is 0 Å². The number of piperidine rings is 1. The van der Waals surface area contributed by atoms with Crippen molar-refractivity contribution >= 4 is 11.9 Å². The molecule has 1 aliphatic rings. The number of carbonyl (C=O) groups is 2. The van der Waals surface area contributed by atoms with E-state index in [2.05, 4.69) is 39.5 Å². The largest absolute Gasteiger partial charge is 0.463 e. The number of rotatable bonds is 17. The standard InChI is InChI=1S/C28H53NO5/c1-7-9-10-11-12-13-14-15-16-18-26(32)34-24-19-27(3,4)29(28(5,6)20-24)21-23(30)22-33-25(31)17-8-2/h23-24,30H,7-22H2,1-6H3/t23-/m1/s1. The lowest BCUT2D eigenvalue weighted by Gasteiger charge is -2.55. The third-order valence-corrected chi connectivity index (χ3v) is 6.98. The summed E-state index contributed by atoms with van der Waals surface area (Å²) in [5, 5.41) is 10.5. The Morgan fingerprint density at radius 1 is 0.824 bits per heavy atom. The number of likely N-dealkylation sites (tertiary alicyclic amines) is 1. The molecule has 0 bridgehead atoms. The fourth-order valence-corrected chi connectivity index (χ4v) is 5.36. The first kappa shape index (κ1) is 30.9. The summed E-state index contributed by atoms with van der Waals surface area (Å²) >= 11 is 0. The summed E-state index contributed by atoms with van der Waals surface area (Å²) in [6, 6.07) is 0. The number of carbonyl (C=O) groups excluding carboxylic acids is 2. The Bertz CT molecular complexity index is 571. The van der Waals surface area contributed by atoms with Gasteiger partial charge in [0.05, 0.1) is 0 Å². The van der Waals surface area contributed by atoms with E-state index in [1.54, 1.807) is 0 Å². The van der Waals surface area contributed by atoms with Crippen molar-refractivity contribution in [3.05, 3.63) is 0 Å². The van der Waals surface area contributed by atoms with Gasteiger partial charge in [0, 0.05) is 43.3 Å². The zero-order valence-electron chi connectivity index (χ0n) is 23.0. The van der Waals surface area contributed by atoms with Gasteiger partial charge < -0.3 is 14.6 Å². The second-order valence-electron chi connectivity index (χ2n) is 11.4. The van der Waals surface area contributed by atoms with Crippen LogP contribution in [-0.4, -0.2) is 58.4 Å². The van der Waals surface area contributed by atoms with Crippen LogP contribution in [0, 0.1) is 0 Å². The topological polar surface area (TPSA) is 76.1 Å². The van der Waals surface area contributed by atoms with E-state index in [1.165, 1.54) is 44.9 Å². The average molecular weight is 484 g/mol. The molecule has 0 spiro atoms. The number of nitrogens with zero attached hydrogens (tertiary/aromatic N) is 1. The minimum Gasteiger partial charge on any atom is -0.463 e. The maximum atomic E-state index is 12.5. The van der Waals surface area contributed by atoms with Gasteiger partial charge in [-0.3, -0.25) is 14.5 Å². The molecule has 6 heteroatoms. The van der Waals surface area contributed by atoms with Crippen molar-refractivity contribution in [1.29, 1.82) is 0 Å². The average Bonchev–Trinajstić information content (AvgIpc) is 2.73. The van der Waals surface area contributed by atoms with E-state index in [0.29, 0.717) is 19.4 Å². The Morgan fingerprint density at radius 3 is 1.88 bits per heavy atom. The SMILES string of the molecule is CCCCCCCCCCCC(=O)OC1CC(C)(C)N(C[C@@H](O)COC(=O)CCC)C(C)(C)C1. The highest BCUT2D eigenvalue weighted by Gasteiger charge is 2.47. The molecule has 200 valence electrons. The molecule has 0 aromatic carbocycles. The third-order valence-electron chi connectivity index (χ3n) is 6.98. The highest BCUT2D eigenvalue weighted by atomic mass is 16.5. The monoisotopic (exact) mass is 483 g/mol. The number of unbranched alkanes of at least 4 members (excludes halogenated alkanes) is 8. The van der Waals surface area contributed by atoms with Gasteiger partial charge in [-0.1, -0.05) is 65.2 Å². The summed E-state index contributed by atoms with van der Waals surface area (Å²) in [5.74, 6) is -0.353. The number of hydrogen-bond donors (Lipinski definition) is 1. The first-order chi connectivity index (χ1) is 16.0. The Hall–Kier alpha value is -1.14.